The first kappa shape index (κ1) is 19.8. The Labute approximate surface area is 169 Å². The number of aliphatic hydroxyl groups is 1. The van der Waals surface area contributed by atoms with Crippen LogP contribution < -0.4 is 5.32 Å². The van der Waals surface area contributed by atoms with Gasteiger partial charge in [-0.05, 0) is 19.1 Å². The third-order valence-corrected chi connectivity index (χ3v) is 4.53. The van der Waals surface area contributed by atoms with Gasteiger partial charge in [0.05, 0.1) is 24.1 Å². The Kier molecular flexibility index (Phi) is 4.90. The Balaban J connectivity index is 1.88. The Hall–Kier alpha value is -3.47. The second-order valence-electron chi connectivity index (χ2n) is 6.90. The maximum absolute atomic E-state index is 12.9. The second kappa shape index (κ2) is 7.41. The fraction of sp³-hybridized carbons (Fsp3) is 0.263. The number of rotatable bonds is 5. The molecule has 0 aliphatic rings. The van der Waals surface area contributed by atoms with E-state index in [9.17, 15) is 18.3 Å². The highest BCUT2D eigenvalue weighted by atomic mass is 19.4. The van der Waals surface area contributed by atoms with Crippen molar-refractivity contribution in [3.05, 3.63) is 48.4 Å². The first-order chi connectivity index (χ1) is 14.3. The molecule has 2 N–H and O–H groups in total. The Morgan fingerprint density at radius 1 is 1.10 bits per heavy atom. The largest absolute Gasteiger partial charge is 0.416 e. The molecule has 0 unspecified atom stereocenters. The van der Waals surface area contributed by atoms with Gasteiger partial charge in [-0.2, -0.15) is 18.3 Å². The van der Waals surface area contributed by atoms with Gasteiger partial charge in [0.1, 0.15) is 5.69 Å². The van der Waals surface area contributed by atoms with Crippen molar-refractivity contribution in [1.29, 1.82) is 0 Å². The normalized spacial score (nSPS) is 13.0. The van der Waals surface area contributed by atoms with E-state index in [-0.39, 0.29) is 12.6 Å². The summed E-state index contributed by atoms with van der Waals surface area (Å²) in [5, 5.41) is 24.9. The highest BCUT2D eigenvalue weighted by molar-refractivity contribution is 5.77. The lowest BCUT2D eigenvalue weighted by molar-refractivity contribution is -0.137. The van der Waals surface area contributed by atoms with Gasteiger partial charge in [0.25, 0.3) is 0 Å². The molecule has 4 aromatic rings. The van der Waals surface area contributed by atoms with Gasteiger partial charge in [0, 0.05) is 36.6 Å². The molecule has 8 nitrogen and oxygen atoms in total. The zero-order chi connectivity index (χ0) is 21.5. The van der Waals surface area contributed by atoms with Crippen LogP contribution in [0.3, 0.4) is 0 Å². The summed E-state index contributed by atoms with van der Waals surface area (Å²) in [7, 11) is 1.76. The predicted molar refractivity (Wildman–Crippen MR) is 104 cm³/mol. The maximum Gasteiger partial charge on any atom is 0.416 e. The molecule has 3 aromatic heterocycles. The minimum atomic E-state index is -4.41. The van der Waals surface area contributed by atoms with Crippen molar-refractivity contribution in [3.8, 4) is 22.5 Å². The van der Waals surface area contributed by atoms with Gasteiger partial charge in [-0.3, -0.25) is 9.08 Å². The Morgan fingerprint density at radius 2 is 1.83 bits per heavy atom. The number of hydrogen-bond acceptors (Lipinski definition) is 6. The fourth-order valence-electron chi connectivity index (χ4n) is 2.97. The van der Waals surface area contributed by atoms with Crippen molar-refractivity contribution in [1.82, 2.24) is 29.4 Å². The van der Waals surface area contributed by atoms with Gasteiger partial charge in [0.2, 0.25) is 5.95 Å². The van der Waals surface area contributed by atoms with Gasteiger partial charge in [-0.25, -0.2) is 4.98 Å². The van der Waals surface area contributed by atoms with Crippen molar-refractivity contribution in [2.45, 2.75) is 19.1 Å². The van der Waals surface area contributed by atoms with Gasteiger partial charge >= 0.3 is 6.18 Å². The van der Waals surface area contributed by atoms with Crippen molar-refractivity contribution in [3.63, 3.8) is 0 Å². The van der Waals surface area contributed by atoms with E-state index in [1.165, 1.54) is 12.1 Å². The molecule has 1 atom stereocenters. The molecule has 1 aromatic carbocycles. The summed E-state index contributed by atoms with van der Waals surface area (Å²) in [6, 6.07) is 4.51. The number of alkyl halides is 3. The Bertz CT molecular complexity index is 1180. The SMILES string of the molecule is C[C@@H](CO)Nc1nnc2c(-c3cnn(C)c3)nc(-c3ccc(C(F)(F)F)cc3)cn12. The average Bonchev–Trinajstić information content (AvgIpc) is 3.33. The minimum absolute atomic E-state index is 0.110. The van der Waals surface area contributed by atoms with Crippen LogP contribution in [0.4, 0.5) is 19.1 Å². The standard InChI is InChI=1S/C19H18F3N7O/c1-11(10-30)24-18-27-26-17-16(13-7-23-28(2)8-13)25-15(9-29(17)18)12-3-5-14(6-4-12)19(20,21)22/h3-9,11,30H,10H2,1-2H3,(H,24,27)/t11-/m0/s1. The first-order valence-corrected chi connectivity index (χ1v) is 9.06. The molecule has 30 heavy (non-hydrogen) atoms. The van der Waals surface area contributed by atoms with Gasteiger partial charge in [0.15, 0.2) is 5.65 Å². The number of nitrogens with zero attached hydrogens (tertiary/aromatic N) is 6. The zero-order valence-electron chi connectivity index (χ0n) is 16.1. The number of aliphatic hydroxyl groups excluding tert-OH is 1. The van der Waals surface area contributed by atoms with Crippen LogP contribution in [0.1, 0.15) is 12.5 Å². The fourth-order valence-corrected chi connectivity index (χ4v) is 2.97. The highest BCUT2D eigenvalue weighted by Crippen LogP contribution is 2.32. The maximum atomic E-state index is 12.9. The van der Waals surface area contributed by atoms with Gasteiger partial charge in [-0.15, -0.1) is 10.2 Å². The lowest BCUT2D eigenvalue weighted by Gasteiger charge is -2.12. The molecule has 11 heteroatoms. The molecule has 0 spiro atoms. The van der Waals surface area contributed by atoms with Crippen LogP contribution in [0.15, 0.2) is 42.9 Å². The van der Waals surface area contributed by atoms with Gasteiger partial charge in [-0.1, -0.05) is 12.1 Å². The van der Waals surface area contributed by atoms with Crippen LogP contribution in [-0.4, -0.2) is 47.1 Å². The lowest BCUT2D eigenvalue weighted by Crippen LogP contribution is -2.21. The van der Waals surface area contributed by atoms with Crippen molar-refractivity contribution in [2.75, 3.05) is 11.9 Å². The number of anilines is 1. The number of aryl methyl sites for hydroxylation is 1. The van der Waals surface area contributed by atoms with E-state index in [0.29, 0.717) is 34.1 Å². The number of hydrogen-bond donors (Lipinski definition) is 2. The molecule has 0 aliphatic heterocycles. The molecule has 156 valence electrons. The summed E-state index contributed by atoms with van der Waals surface area (Å²) in [6.07, 6.45) is 0.612. The predicted octanol–water partition coefficient (Wildman–Crippen LogP) is 3.00. The van der Waals surface area contributed by atoms with E-state index in [1.807, 2.05) is 0 Å². The molecule has 0 radical (unpaired) electrons. The molecule has 0 aliphatic carbocycles. The lowest BCUT2D eigenvalue weighted by atomic mass is 10.1. The molecule has 0 bridgehead atoms. The van der Waals surface area contributed by atoms with E-state index < -0.39 is 11.7 Å². The summed E-state index contributed by atoms with van der Waals surface area (Å²) in [6.45, 7) is 1.67. The smallest absolute Gasteiger partial charge is 0.394 e. The van der Waals surface area contributed by atoms with Crippen LogP contribution in [0.5, 0.6) is 0 Å². The first-order valence-electron chi connectivity index (χ1n) is 9.06. The molecule has 0 amide bonds. The molecule has 0 saturated heterocycles. The summed E-state index contributed by atoms with van der Waals surface area (Å²) in [5.41, 5.74) is 1.83. The zero-order valence-corrected chi connectivity index (χ0v) is 16.1. The van der Waals surface area contributed by atoms with Crippen molar-refractivity contribution in [2.24, 2.45) is 7.05 Å². The molecular formula is C19H18F3N7O. The van der Waals surface area contributed by atoms with E-state index in [0.717, 1.165) is 12.1 Å². The Morgan fingerprint density at radius 3 is 2.43 bits per heavy atom. The van der Waals surface area contributed by atoms with E-state index >= 15 is 0 Å². The van der Waals surface area contributed by atoms with Crippen molar-refractivity contribution >= 4 is 11.6 Å². The number of nitrogens with one attached hydrogen (secondary N) is 1. The van der Waals surface area contributed by atoms with Crippen LogP contribution >= 0.6 is 0 Å². The number of aromatic nitrogens is 6. The molecule has 0 saturated carbocycles. The van der Waals surface area contributed by atoms with E-state index in [4.69, 9.17) is 0 Å². The molecule has 3 heterocycles. The second-order valence-corrected chi connectivity index (χ2v) is 6.90. The molecule has 4 rings (SSSR count). The van der Waals surface area contributed by atoms with E-state index in [1.54, 1.807) is 41.6 Å². The summed E-state index contributed by atoms with van der Waals surface area (Å²) in [4.78, 5) is 4.62. The third-order valence-electron chi connectivity index (χ3n) is 4.53. The summed E-state index contributed by atoms with van der Waals surface area (Å²) in [5.74, 6) is 0.382. The van der Waals surface area contributed by atoms with Crippen molar-refractivity contribution < 1.29 is 18.3 Å². The van der Waals surface area contributed by atoms with Crippen LogP contribution in [0.25, 0.3) is 28.2 Å². The average molecular weight is 417 g/mol. The minimum Gasteiger partial charge on any atom is -0.394 e. The number of fused-ring (bicyclic) bond motifs is 1. The summed E-state index contributed by atoms with van der Waals surface area (Å²) < 4.78 is 42.0. The molecular weight excluding hydrogens is 399 g/mol. The number of halogens is 3. The monoisotopic (exact) mass is 417 g/mol. The quantitative estimate of drug-likeness (QED) is 0.519. The number of benzene rings is 1. The summed E-state index contributed by atoms with van der Waals surface area (Å²) >= 11 is 0. The van der Waals surface area contributed by atoms with Crippen LogP contribution in [0, 0.1) is 0 Å². The van der Waals surface area contributed by atoms with E-state index in [2.05, 4.69) is 25.6 Å². The topological polar surface area (TPSA) is 93.2 Å². The highest BCUT2D eigenvalue weighted by Gasteiger charge is 2.30. The third kappa shape index (κ3) is 3.71. The molecule has 0 fully saturated rings. The van der Waals surface area contributed by atoms with Gasteiger partial charge < -0.3 is 10.4 Å². The van der Waals surface area contributed by atoms with Crippen LogP contribution in [0.2, 0.25) is 0 Å². The van der Waals surface area contributed by atoms with Crippen LogP contribution in [-0.2, 0) is 13.2 Å².